The number of nitrogens with two attached hydrogens (primary N) is 1. The lowest BCUT2D eigenvalue weighted by Crippen LogP contribution is -2.15. The van der Waals surface area contributed by atoms with Crippen molar-refractivity contribution in [3.8, 4) is 11.5 Å². The van der Waals surface area contributed by atoms with Gasteiger partial charge in [-0.05, 0) is 18.2 Å². The first-order valence-corrected chi connectivity index (χ1v) is 5.96. The maximum Gasteiger partial charge on any atom is 0.123 e. The topological polar surface area (TPSA) is 75.2 Å². The van der Waals surface area contributed by atoms with E-state index in [1.165, 1.54) is 0 Å². The van der Waals surface area contributed by atoms with Gasteiger partial charge in [-0.15, -0.1) is 5.10 Å². The van der Waals surface area contributed by atoms with Gasteiger partial charge in [-0.3, -0.25) is 4.68 Å². The van der Waals surface area contributed by atoms with Crippen molar-refractivity contribution in [2.45, 2.75) is 12.5 Å². The molecular weight excluding hydrogens is 244 g/mol. The molecule has 1 heterocycles. The number of hydrogen-bond acceptors (Lipinski definition) is 5. The van der Waals surface area contributed by atoms with Crippen molar-refractivity contribution in [3.63, 3.8) is 0 Å². The first-order chi connectivity index (χ1) is 9.13. The maximum atomic E-state index is 6.22. The summed E-state index contributed by atoms with van der Waals surface area (Å²) in [7, 11) is 5.08. The Hall–Kier alpha value is -2.08. The van der Waals surface area contributed by atoms with Crippen LogP contribution < -0.4 is 15.2 Å². The molecule has 1 aromatic carbocycles. The van der Waals surface area contributed by atoms with Crippen molar-refractivity contribution in [2.75, 3.05) is 14.2 Å². The van der Waals surface area contributed by atoms with Gasteiger partial charge < -0.3 is 15.2 Å². The van der Waals surface area contributed by atoms with Gasteiger partial charge in [0.25, 0.3) is 0 Å². The molecule has 0 spiro atoms. The van der Waals surface area contributed by atoms with E-state index in [1.54, 1.807) is 18.9 Å². The van der Waals surface area contributed by atoms with Crippen LogP contribution in [-0.2, 0) is 13.5 Å². The Morgan fingerprint density at radius 2 is 2.11 bits per heavy atom. The third kappa shape index (κ3) is 3.03. The van der Waals surface area contributed by atoms with Crippen molar-refractivity contribution < 1.29 is 9.47 Å². The predicted octanol–water partition coefficient (Wildman–Crippen LogP) is 1.07. The van der Waals surface area contributed by atoms with E-state index in [0.29, 0.717) is 6.42 Å². The van der Waals surface area contributed by atoms with Gasteiger partial charge in [-0.1, -0.05) is 5.21 Å². The first-order valence-electron chi connectivity index (χ1n) is 5.96. The molecule has 0 aliphatic heterocycles. The fourth-order valence-corrected chi connectivity index (χ4v) is 1.95. The number of ether oxygens (including phenoxy) is 2. The Labute approximate surface area is 112 Å². The molecule has 6 heteroatoms. The molecule has 0 aliphatic carbocycles. The maximum absolute atomic E-state index is 6.22. The quantitative estimate of drug-likeness (QED) is 0.872. The molecule has 19 heavy (non-hydrogen) atoms. The van der Waals surface area contributed by atoms with E-state index >= 15 is 0 Å². The summed E-state index contributed by atoms with van der Waals surface area (Å²) in [5, 5.41) is 7.94. The summed E-state index contributed by atoms with van der Waals surface area (Å²) in [4.78, 5) is 0. The van der Waals surface area contributed by atoms with E-state index < -0.39 is 0 Å². The summed E-state index contributed by atoms with van der Waals surface area (Å²) in [6.07, 6.45) is 2.45. The standard InChI is InChI=1S/C13H18N4O2/c1-17-8-9(15-16-17)6-12(14)11-7-10(18-2)4-5-13(11)19-3/h4-5,7-8,12H,6,14H2,1-3H3. The van der Waals surface area contributed by atoms with Crippen LogP contribution in [0.4, 0.5) is 0 Å². The molecule has 0 saturated carbocycles. The zero-order valence-electron chi connectivity index (χ0n) is 11.3. The van der Waals surface area contributed by atoms with Crippen LogP contribution in [-0.4, -0.2) is 29.2 Å². The highest BCUT2D eigenvalue weighted by Gasteiger charge is 2.15. The van der Waals surface area contributed by atoms with Gasteiger partial charge in [0.1, 0.15) is 11.5 Å². The number of methoxy groups -OCH3 is 2. The molecule has 0 bridgehead atoms. The molecule has 2 N–H and O–H groups in total. The largest absolute Gasteiger partial charge is 0.497 e. The molecule has 0 fully saturated rings. The Morgan fingerprint density at radius 3 is 2.68 bits per heavy atom. The Kier molecular flexibility index (Phi) is 4.01. The van der Waals surface area contributed by atoms with Crippen LogP contribution in [0.15, 0.2) is 24.4 Å². The second-order valence-corrected chi connectivity index (χ2v) is 4.30. The number of hydrogen-bond donors (Lipinski definition) is 1. The fraction of sp³-hybridized carbons (Fsp3) is 0.385. The molecule has 0 amide bonds. The van der Waals surface area contributed by atoms with E-state index in [1.807, 2.05) is 31.4 Å². The highest BCUT2D eigenvalue weighted by Crippen LogP contribution is 2.29. The molecule has 1 atom stereocenters. The third-order valence-corrected chi connectivity index (χ3v) is 2.92. The minimum atomic E-state index is -0.221. The van der Waals surface area contributed by atoms with Gasteiger partial charge in [0.05, 0.1) is 19.9 Å². The van der Waals surface area contributed by atoms with E-state index in [4.69, 9.17) is 15.2 Å². The normalized spacial score (nSPS) is 12.2. The van der Waals surface area contributed by atoms with Crippen molar-refractivity contribution in [1.82, 2.24) is 15.0 Å². The van der Waals surface area contributed by atoms with E-state index in [9.17, 15) is 0 Å². The van der Waals surface area contributed by atoms with Gasteiger partial charge in [-0.2, -0.15) is 0 Å². The minimum absolute atomic E-state index is 0.221. The molecule has 2 aromatic rings. The fourth-order valence-electron chi connectivity index (χ4n) is 1.95. The summed E-state index contributed by atoms with van der Waals surface area (Å²) in [5.41, 5.74) is 7.97. The molecular formula is C13H18N4O2. The summed E-state index contributed by atoms with van der Waals surface area (Å²) in [6.45, 7) is 0. The Morgan fingerprint density at radius 1 is 1.32 bits per heavy atom. The Bertz CT molecular complexity index is 553. The van der Waals surface area contributed by atoms with E-state index in [2.05, 4.69) is 10.3 Å². The van der Waals surface area contributed by atoms with Gasteiger partial charge in [0, 0.05) is 31.3 Å². The molecule has 6 nitrogen and oxygen atoms in total. The van der Waals surface area contributed by atoms with Gasteiger partial charge in [0.2, 0.25) is 0 Å². The number of aryl methyl sites for hydroxylation is 1. The van der Waals surface area contributed by atoms with Crippen molar-refractivity contribution in [3.05, 3.63) is 35.7 Å². The lowest BCUT2D eigenvalue weighted by Gasteiger charge is -2.15. The number of nitrogens with zero attached hydrogens (tertiary/aromatic N) is 3. The van der Waals surface area contributed by atoms with Crippen molar-refractivity contribution in [1.29, 1.82) is 0 Å². The summed E-state index contributed by atoms with van der Waals surface area (Å²) >= 11 is 0. The van der Waals surface area contributed by atoms with Crippen LogP contribution >= 0.6 is 0 Å². The van der Waals surface area contributed by atoms with Crippen molar-refractivity contribution in [2.24, 2.45) is 12.8 Å². The average molecular weight is 262 g/mol. The smallest absolute Gasteiger partial charge is 0.123 e. The van der Waals surface area contributed by atoms with Crippen LogP contribution in [0.25, 0.3) is 0 Å². The average Bonchev–Trinajstić information content (AvgIpc) is 2.83. The van der Waals surface area contributed by atoms with E-state index in [0.717, 1.165) is 22.8 Å². The third-order valence-electron chi connectivity index (χ3n) is 2.92. The highest BCUT2D eigenvalue weighted by atomic mass is 16.5. The van der Waals surface area contributed by atoms with Gasteiger partial charge in [0.15, 0.2) is 0 Å². The zero-order valence-corrected chi connectivity index (χ0v) is 11.3. The number of aromatic nitrogens is 3. The zero-order chi connectivity index (χ0) is 13.8. The summed E-state index contributed by atoms with van der Waals surface area (Å²) in [5.74, 6) is 1.50. The first kappa shape index (κ1) is 13.4. The summed E-state index contributed by atoms with van der Waals surface area (Å²) in [6, 6.07) is 5.36. The molecule has 1 aromatic heterocycles. The Balaban J connectivity index is 2.23. The lowest BCUT2D eigenvalue weighted by molar-refractivity contribution is 0.395. The van der Waals surface area contributed by atoms with E-state index in [-0.39, 0.29) is 6.04 Å². The molecule has 0 saturated heterocycles. The molecule has 102 valence electrons. The van der Waals surface area contributed by atoms with Crippen LogP contribution in [0.3, 0.4) is 0 Å². The minimum Gasteiger partial charge on any atom is -0.497 e. The monoisotopic (exact) mass is 262 g/mol. The van der Waals surface area contributed by atoms with Gasteiger partial charge >= 0.3 is 0 Å². The number of rotatable bonds is 5. The number of benzene rings is 1. The molecule has 2 rings (SSSR count). The predicted molar refractivity (Wildman–Crippen MR) is 71.2 cm³/mol. The second-order valence-electron chi connectivity index (χ2n) is 4.30. The second kappa shape index (κ2) is 5.71. The molecule has 1 unspecified atom stereocenters. The van der Waals surface area contributed by atoms with Gasteiger partial charge in [-0.25, -0.2) is 0 Å². The van der Waals surface area contributed by atoms with Crippen molar-refractivity contribution >= 4 is 0 Å². The molecule has 0 radical (unpaired) electrons. The van der Waals surface area contributed by atoms with Crippen LogP contribution in [0.1, 0.15) is 17.3 Å². The highest BCUT2D eigenvalue weighted by molar-refractivity contribution is 5.42. The van der Waals surface area contributed by atoms with Crippen LogP contribution in [0.2, 0.25) is 0 Å². The summed E-state index contributed by atoms with van der Waals surface area (Å²) < 4.78 is 12.2. The SMILES string of the molecule is COc1ccc(OC)c(C(N)Cc2cn(C)nn2)c1. The van der Waals surface area contributed by atoms with Crippen LogP contribution in [0.5, 0.6) is 11.5 Å². The van der Waals surface area contributed by atoms with Crippen LogP contribution in [0, 0.1) is 0 Å². The lowest BCUT2D eigenvalue weighted by atomic mass is 10.0. The molecule has 0 aliphatic rings.